The molecule has 4 nitrogen and oxygen atoms in total. The molecule has 2 rings (SSSR count). The lowest BCUT2D eigenvalue weighted by atomic mass is 10.0. The highest BCUT2D eigenvalue weighted by atomic mass is 16.5. The van der Waals surface area contributed by atoms with Crippen molar-refractivity contribution in [3.63, 3.8) is 0 Å². The summed E-state index contributed by atoms with van der Waals surface area (Å²) in [6.45, 7) is 1.39. The van der Waals surface area contributed by atoms with Crippen molar-refractivity contribution >= 4 is 22.5 Å². The van der Waals surface area contributed by atoms with Gasteiger partial charge in [0.2, 0.25) is 0 Å². The molecule has 0 spiro atoms. The van der Waals surface area contributed by atoms with Crippen LogP contribution >= 0.6 is 0 Å². The van der Waals surface area contributed by atoms with Crippen molar-refractivity contribution in [3.8, 4) is 5.75 Å². The van der Waals surface area contributed by atoms with Crippen LogP contribution in [0.15, 0.2) is 36.4 Å². The zero-order valence-corrected chi connectivity index (χ0v) is 10.9. The van der Waals surface area contributed by atoms with Gasteiger partial charge in [0, 0.05) is 7.05 Å². The molecule has 0 aromatic heterocycles. The minimum Gasteiger partial charge on any atom is -0.483 e. The molecule has 1 amide bonds. The molecule has 0 aliphatic carbocycles. The molecule has 0 heterocycles. The minimum atomic E-state index is -0.234. The Labute approximate surface area is 111 Å². The lowest BCUT2D eigenvalue weighted by molar-refractivity contribution is -0.122. The molecule has 2 aromatic carbocycles. The van der Waals surface area contributed by atoms with Gasteiger partial charge < -0.3 is 10.1 Å². The zero-order chi connectivity index (χ0) is 13.8. The third-order valence-electron chi connectivity index (χ3n) is 2.88. The standard InChI is InChI=1S/C15H15NO3/c1-10(17)15-12-6-4-3-5-11(12)7-8-13(15)19-9-14(18)16-2/h3-8H,9H2,1-2H3,(H,16,18). The molecule has 0 aliphatic rings. The third kappa shape index (κ3) is 2.73. The molecule has 0 atom stereocenters. The summed E-state index contributed by atoms with van der Waals surface area (Å²) in [7, 11) is 1.54. The summed E-state index contributed by atoms with van der Waals surface area (Å²) in [4.78, 5) is 23.0. The van der Waals surface area contributed by atoms with Gasteiger partial charge in [-0.2, -0.15) is 0 Å². The lowest BCUT2D eigenvalue weighted by Crippen LogP contribution is -2.25. The van der Waals surface area contributed by atoms with Gasteiger partial charge in [0.25, 0.3) is 5.91 Å². The molecule has 4 heteroatoms. The predicted molar refractivity (Wildman–Crippen MR) is 73.5 cm³/mol. The average molecular weight is 257 g/mol. The summed E-state index contributed by atoms with van der Waals surface area (Å²) in [5.74, 6) is 0.126. The second kappa shape index (κ2) is 5.52. The fourth-order valence-electron chi connectivity index (χ4n) is 1.95. The highest BCUT2D eigenvalue weighted by molar-refractivity contribution is 6.09. The van der Waals surface area contributed by atoms with E-state index in [0.717, 1.165) is 10.8 Å². The Kier molecular flexibility index (Phi) is 3.80. The number of nitrogens with one attached hydrogen (secondary N) is 1. The van der Waals surface area contributed by atoms with Crippen molar-refractivity contribution in [1.82, 2.24) is 5.32 Å². The van der Waals surface area contributed by atoms with Crippen LogP contribution in [0.3, 0.4) is 0 Å². The Bertz CT molecular complexity index is 634. The molecular formula is C15H15NO3. The van der Waals surface area contributed by atoms with E-state index in [1.54, 1.807) is 6.07 Å². The number of fused-ring (bicyclic) bond motifs is 1. The van der Waals surface area contributed by atoms with Crippen LogP contribution in [0.1, 0.15) is 17.3 Å². The Morgan fingerprint density at radius 1 is 1.16 bits per heavy atom. The summed E-state index contributed by atoms with van der Waals surface area (Å²) in [5.41, 5.74) is 0.516. The summed E-state index contributed by atoms with van der Waals surface area (Å²) in [6.07, 6.45) is 0. The first-order valence-electron chi connectivity index (χ1n) is 5.99. The van der Waals surface area contributed by atoms with E-state index in [9.17, 15) is 9.59 Å². The molecule has 98 valence electrons. The maximum Gasteiger partial charge on any atom is 0.257 e. The number of Topliss-reactive ketones (excluding diaryl/α,β-unsaturated/α-hetero) is 1. The maximum atomic E-state index is 11.8. The normalized spacial score (nSPS) is 10.2. The smallest absolute Gasteiger partial charge is 0.257 e. The van der Waals surface area contributed by atoms with Gasteiger partial charge in [-0.05, 0) is 23.8 Å². The molecule has 0 saturated heterocycles. The highest BCUT2D eigenvalue weighted by Gasteiger charge is 2.13. The number of carbonyl (C=O) groups excluding carboxylic acids is 2. The Balaban J connectivity index is 2.46. The van der Waals surface area contributed by atoms with Crippen LogP contribution in [0.2, 0.25) is 0 Å². The molecule has 0 saturated carbocycles. The second-order valence-electron chi connectivity index (χ2n) is 4.18. The van der Waals surface area contributed by atoms with E-state index in [4.69, 9.17) is 4.74 Å². The molecular weight excluding hydrogens is 242 g/mol. The van der Waals surface area contributed by atoms with E-state index in [0.29, 0.717) is 11.3 Å². The fraction of sp³-hybridized carbons (Fsp3) is 0.200. The largest absolute Gasteiger partial charge is 0.483 e. The number of hydrogen-bond donors (Lipinski definition) is 1. The summed E-state index contributed by atoms with van der Waals surface area (Å²) in [5, 5.41) is 4.28. The average Bonchev–Trinajstić information content (AvgIpc) is 2.43. The first kappa shape index (κ1) is 13.1. The van der Waals surface area contributed by atoms with Crippen LogP contribution in [0, 0.1) is 0 Å². The summed E-state index contributed by atoms with van der Waals surface area (Å²) >= 11 is 0. The SMILES string of the molecule is CNC(=O)COc1ccc2ccccc2c1C(C)=O. The predicted octanol–water partition coefficient (Wildman–Crippen LogP) is 2.17. The quantitative estimate of drug-likeness (QED) is 0.854. The molecule has 1 N–H and O–H groups in total. The number of likely N-dealkylation sites (N-methyl/N-ethyl adjacent to an activating group) is 1. The Morgan fingerprint density at radius 3 is 2.58 bits per heavy atom. The molecule has 0 unspecified atom stereocenters. The molecule has 0 radical (unpaired) electrons. The number of ketones is 1. The van der Waals surface area contributed by atoms with Crippen molar-refractivity contribution in [2.24, 2.45) is 0 Å². The number of rotatable bonds is 4. The zero-order valence-electron chi connectivity index (χ0n) is 10.9. The minimum absolute atomic E-state index is 0.0799. The van der Waals surface area contributed by atoms with Gasteiger partial charge in [0.1, 0.15) is 5.75 Å². The third-order valence-corrected chi connectivity index (χ3v) is 2.88. The van der Waals surface area contributed by atoms with Gasteiger partial charge >= 0.3 is 0 Å². The molecule has 0 fully saturated rings. The van der Waals surface area contributed by atoms with E-state index in [1.807, 2.05) is 30.3 Å². The van der Waals surface area contributed by atoms with Gasteiger partial charge in [-0.25, -0.2) is 0 Å². The van der Waals surface area contributed by atoms with Gasteiger partial charge in [-0.3, -0.25) is 9.59 Å². The summed E-state index contributed by atoms with van der Waals surface area (Å²) in [6, 6.07) is 11.2. The van der Waals surface area contributed by atoms with Gasteiger partial charge in [-0.1, -0.05) is 30.3 Å². The van der Waals surface area contributed by atoms with Crippen molar-refractivity contribution in [2.45, 2.75) is 6.92 Å². The first-order valence-corrected chi connectivity index (χ1v) is 5.99. The number of benzene rings is 2. The van der Waals surface area contributed by atoms with Crippen molar-refractivity contribution in [3.05, 3.63) is 42.0 Å². The van der Waals surface area contributed by atoms with Gasteiger partial charge in [0.15, 0.2) is 12.4 Å². The number of ether oxygens (including phenoxy) is 1. The number of amides is 1. The van der Waals surface area contributed by atoms with Crippen LogP contribution in [0.4, 0.5) is 0 Å². The lowest BCUT2D eigenvalue weighted by Gasteiger charge is -2.11. The molecule has 0 aliphatic heterocycles. The van der Waals surface area contributed by atoms with Crippen LogP contribution in [0.5, 0.6) is 5.75 Å². The van der Waals surface area contributed by atoms with E-state index in [1.165, 1.54) is 14.0 Å². The Morgan fingerprint density at radius 2 is 1.89 bits per heavy atom. The molecule has 19 heavy (non-hydrogen) atoms. The topological polar surface area (TPSA) is 55.4 Å². The van der Waals surface area contributed by atoms with E-state index in [-0.39, 0.29) is 18.3 Å². The highest BCUT2D eigenvalue weighted by Crippen LogP contribution is 2.28. The van der Waals surface area contributed by atoms with Crippen LogP contribution in [0.25, 0.3) is 10.8 Å². The van der Waals surface area contributed by atoms with Gasteiger partial charge in [-0.15, -0.1) is 0 Å². The van der Waals surface area contributed by atoms with Crippen molar-refractivity contribution in [2.75, 3.05) is 13.7 Å². The van der Waals surface area contributed by atoms with Crippen LogP contribution in [-0.4, -0.2) is 25.3 Å². The Hall–Kier alpha value is -2.36. The first-order chi connectivity index (χ1) is 9.13. The van der Waals surface area contributed by atoms with E-state index in [2.05, 4.69) is 5.32 Å². The fourth-order valence-corrected chi connectivity index (χ4v) is 1.95. The van der Waals surface area contributed by atoms with Crippen LogP contribution < -0.4 is 10.1 Å². The molecule has 0 bridgehead atoms. The summed E-state index contributed by atoms with van der Waals surface area (Å²) < 4.78 is 5.43. The van der Waals surface area contributed by atoms with Crippen molar-refractivity contribution < 1.29 is 14.3 Å². The maximum absolute atomic E-state index is 11.8. The number of carbonyl (C=O) groups is 2. The molecule has 2 aromatic rings. The number of hydrogen-bond acceptors (Lipinski definition) is 3. The van der Waals surface area contributed by atoms with E-state index < -0.39 is 0 Å². The van der Waals surface area contributed by atoms with Crippen molar-refractivity contribution in [1.29, 1.82) is 0 Å². The van der Waals surface area contributed by atoms with E-state index >= 15 is 0 Å². The van der Waals surface area contributed by atoms with Gasteiger partial charge in [0.05, 0.1) is 5.56 Å². The van der Waals surface area contributed by atoms with Crippen LogP contribution in [-0.2, 0) is 4.79 Å². The second-order valence-corrected chi connectivity index (χ2v) is 4.18. The monoisotopic (exact) mass is 257 g/mol.